The maximum Gasteiger partial charge on any atom is 0.338 e. The molecule has 0 saturated heterocycles. The predicted molar refractivity (Wildman–Crippen MR) is 93.2 cm³/mol. The third-order valence-corrected chi connectivity index (χ3v) is 4.16. The maximum absolute atomic E-state index is 12.4. The minimum Gasteiger partial charge on any atom is -0.462 e. The lowest BCUT2D eigenvalue weighted by Crippen LogP contribution is -2.11. The van der Waals surface area contributed by atoms with Gasteiger partial charge in [-0.2, -0.15) is 0 Å². The quantitative estimate of drug-likeness (QED) is 0.392. The van der Waals surface area contributed by atoms with Crippen molar-refractivity contribution in [2.75, 3.05) is 12.5 Å². The van der Waals surface area contributed by atoms with E-state index in [-0.39, 0.29) is 5.97 Å². The number of esters is 1. The molecule has 1 aliphatic heterocycles. The van der Waals surface area contributed by atoms with Crippen molar-refractivity contribution in [3.63, 3.8) is 0 Å². The first-order chi connectivity index (χ1) is 11.3. The monoisotopic (exact) mass is 327 g/mol. The van der Waals surface area contributed by atoms with Crippen LogP contribution in [-0.4, -0.2) is 24.7 Å². The van der Waals surface area contributed by atoms with Crippen molar-refractivity contribution in [1.29, 1.82) is 0 Å². The third-order valence-electron chi connectivity index (χ3n) is 3.89. The molecule has 0 fully saturated rings. The number of hydrogen-bond acceptors (Lipinski definition) is 3. The number of carbonyl (C=O) groups excluding carboxylic acids is 1. The number of para-hydroxylation sites is 1. The number of benzene rings is 2. The highest BCUT2D eigenvalue weighted by Gasteiger charge is 2.18. The van der Waals surface area contributed by atoms with Crippen LogP contribution >= 0.6 is 11.6 Å². The van der Waals surface area contributed by atoms with Crippen molar-refractivity contribution in [2.24, 2.45) is 4.99 Å². The smallest absolute Gasteiger partial charge is 0.338 e. The lowest BCUT2D eigenvalue weighted by Gasteiger charge is -2.11. The lowest BCUT2D eigenvalue weighted by molar-refractivity contribution is 0.0499. The van der Waals surface area contributed by atoms with E-state index in [0.717, 1.165) is 35.2 Å². The number of hydrogen-bond donors (Lipinski definition) is 0. The number of fused-ring (bicyclic) bond motifs is 2. The number of unbranched alkanes of at least 4 members (excludes halogenated alkanes) is 1. The zero-order chi connectivity index (χ0) is 16.1. The molecule has 118 valence electrons. The Morgan fingerprint density at radius 1 is 1.13 bits per heavy atom. The van der Waals surface area contributed by atoms with Crippen LogP contribution in [0.1, 0.15) is 39.9 Å². The second kappa shape index (κ2) is 7.42. The summed E-state index contributed by atoms with van der Waals surface area (Å²) in [6.45, 7) is 0.403. The van der Waals surface area contributed by atoms with Gasteiger partial charge in [-0.15, -0.1) is 11.6 Å². The summed E-state index contributed by atoms with van der Waals surface area (Å²) >= 11 is 5.64. The molecule has 0 radical (unpaired) electrons. The van der Waals surface area contributed by atoms with Crippen LogP contribution in [0.15, 0.2) is 47.5 Å². The van der Waals surface area contributed by atoms with Gasteiger partial charge in [0.15, 0.2) is 0 Å². The van der Waals surface area contributed by atoms with Crippen LogP contribution < -0.4 is 0 Å². The van der Waals surface area contributed by atoms with Crippen LogP contribution in [-0.2, 0) is 11.2 Å². The molecule has 4 heteroatoms. The number of nitrogens with zero attached hydrogens (tertiary/aromatic N) is 1. The zero-order valence-corrected chi connectivity index (χ0v) is 13.6. The maximum atomic E-state index is 12.4. The number of aliphatic imine (C=N–C) groups is 1. The summed E-state index contributed by atoms with van der Waals surface area (Å²) in [4.78, 5) is 16.9. The van der Waals surface area contributed by atoms with E-state index >= 15 is 0 Å². The van der Waals surface area contributed by atoms with E-state index in [1.54, 1.807) is 0 Å². The minimum atomic E-state index is -0.274. The van der Waals surface area contributed by atoms with Crippen molar-refractivity contribution < 1.29 is 9.53 Å². The number of carbonyl (C=O) groups is 1. The van der Waals surface area contributed by atoms with Crippen molar-refractivity contribution in [3.05, 3.63) is 64.7 Å². The Morgan fingerprint density at radius 3 is 2.87 bits per heavy atom. The second-order valence-corrected chi connectivity index (χ2v) is 5.85. The fourth-order valence-electron chi connectivity index (χ4n) is 2.67. The molecule has 0 atom stereocenters. The fraction of sp³-hybridized carbons (Fsp3) is 0.263. The van der Waals surface area contributed by atoms with E-state index in [1.165, 1.54) is 0 Å². The van der Waals surface area contributed by atoms with Crippen LogP contribution in [0.4, 0.5) is 5.69 Å². The van der Waals surface area contributed by atoms with Crippen molar-refractivity contribution in [1.82, 2.24) is 0 Å². The molecule has 0 aliphatic carbocycles. The number of halogens is 1. The predicted octanol–water partition coefficient (Wildman–Crippen LogP) is 4.52. The molecule has 2 aromatic carbocycles. The van der Waals surface area contributed by atoms with Gasteiger partial charge in [-0.3, -0.25) is 4.99 Å². The van der Waals surface area contributed by atoms with Crippen LogP contribution in [0.5, 0.6) is 0 Å². The fourth-order valence-corrected chi connectivity index (χ4v) is 2.86. The molecule has 2 aromatic rings. The van der Waals surface area contributed by atoms with E-state index in [2.05, 4.69) is 4.99 Å². The van der Waals surface area contributed by atoms with Crippen molar-refractivity contribution in [3.8, 4) is 0 Å². The molecule has 0 unspecified atom stereocenters. The van der Waals surface area contributed by atoms with E-state index in [1.807, 2.05) is 48.7 Å². The molecular weight excluding hydrogens is 310 g/mol. The molecule has 3 rings (SSSR count). The molecule has 1 heterocycles. The Balaban J connectivity index is 1.86. The summed E-state index contributed by atoms with van der Waals surface area (Å²) in [5.74, 6) is 0.315. The third kappa shape index (κ3) is 3.62. The first-order valence-corrected chi connectivity index (χ1v) is 8.30. The Labute approximate surface area is 141 Å². The van der Waals surface area contributed by atoms with Crippen molar-refractivity contribution >= 4 is 29.5 Å². The molecule has 0 N–H and O–H groups in total. The number of ether oxygens (including phenoxy) is 1. The average molecular weight is 328 g/mol. The molecule has 1 aliphatic rings. The Morgan fingerprint density at radius 2 is 2.00 bits per heavy atom. The number of rotatable bonds is 5. The topological polar surface area (TPSA) is 38.7 Å². The highest BCUT2D eigenvalue weighted by Crippen LogP contribution is 2.28. The molecule has 0 spiro atoms. The average Bonchev–Trinajstić information content (AvgIpc) is 2.77. The van der Waals surface area contributed by atoms with E-state index in [4.69, 9.17) is 16.3 Å². The Kier molecular flexibility index (Phi) is 5.09. The van der Waals surface area contributed by atoms with E-state index in [0.29, 0.717) is 24.5 Å². The number of alkyl halides is 1. The van der Waals surface area contributed by atoms with Crippen LogP contribution in [0.25, 0.3) is 0 Å². The normalized spacial score (nSPS) is 12.2. The van der Waals surface area contributed by atoms with Crippen LogP contribution in [0.2, 0.25) is 0 Å². The van der Waals surface area contributed by atoms with E-state index < -0.39 is 0 Å². The van der Waals surface area contributed by atoms with Crippen molar-refractivity contribution in [2.45, 2.75) is 19.3 Å². The molecule has 3 nitrogen and oxygen atoms in total. The molecule has 0 bridgehead atoms. The zero-order valence-electron chi connectivity index (χ0n) is 12.8. The summed E-state index contributed by atoms with van der Waals surface area (Å²) in [6, 6.07) is 13.7. The Bertz CT molecular complexity index is 740. The summed E-state index contributed by atoms with van der Waals surface area (Å²) < 4.78 is 5.38. The molecule has 0 amide bonds. The van der Waals surface area contributed by atoms with Gasteiger partial charge in [-0.25, -0.2) is 4.79 Å². The van der Waals surface area contributed by atoms with Gasteiger partial charge in [0, 0.05) is 18.5 Å². The SMILES string of the molecule is O=C(OCCCCCl)c1cccc2c1Cc1ccccc1N=C2. The van der Waals surface area contributed by atoms with Gasteiger partial charge in [0.05, 0.1) is 17.9 Å². The first-order valence-electron chi connectivity index (χ1n) is 7.76. The van der Waals surface area contributed by atoms with Gasteiger partial charge in [-0.1, -0.05) is 30.3 Å². The molecule has 0 aromatic heterocycles. The van der Waals surface area contributed by atoms with Gasteiger partial charge in [0.2, 0.25) is 0 Å². The first kappa shape index (κ1) is 15.8. The van der Waals surface area contributed by atoms with Gasteiger partial charge in [-0.05, 0) is 41.7 Å². The van der Waals surface area contributed by atoms with Gasteiger partial charge in [0.1, 0.15) is 0 Å². The minimum absolute atomic E-state index is 0.274. The largest absolute Gasteiger partial charge is 0.462 e. The highest BCUT2D eigenvalue weighted by molar-refractivity contribution is 6.17. The van der Waals surface area contributed by atoms with Crippen LogP contribution in [0.3, 0.4) is 0 Å². The summed E-state index contributed by atoms with van der Waals surface area (Å²) in [6.07, 6.45) is 4.14. The van der Waals surface area contributed by atoms with Gasteiger partial charge < -0.3 is 4.74 Å². The molecule has 0 saturated carbocycles. The highest BCUT2D eigenvalue weighted by atomic mass is 35.5. The standard InChI is InChI=1S/C19H18ClNO2/c20-10-3-4-11-23-19(22)16-8-5-7-15-13-21-18-9-2-1-6-14(18)12-17(15)16/h1-2,5-9,13H,3-4,10-12H2. The van der Waals surface area contributed by atoms with Crippen LogP contribution in [0, 0.1) is 0 Å². The molecule has 23 heavy (non-hydrogen) atoms. The van der Waals surface area contributed by atoms with E-state index in [9.17, 15) is 4.79 Å². The second-order valence-electron chi connectivity index (χ2n) is 5.47. The summed E-state index contributed by atoms with van der Waals surface area (Å²) in [5.41, 5.74) is 4.63. The molecular formula is C19H18ClNO2. The van der Waals surface area contributed by atoms with Gasteiger partial charge >= 0.3 is 5.97 Å². The lowest BCUT2D eigenvalue weighted by atomic mass is 9.95. The van der Waals surface area contributed by atoms with Gasteiger partial charge in [0.25, 0.3) is 0 Å². The Hall–Kier alpha value is -2.13. The summed E-state index contributed by atoms with van der Waals surface area (Å²) in [7, 11) is 0. The summed E-state index contributed by atoms with van der Waals surface area (Å²) in [5, 5.41) is 0.